The first-order valence-corrected chi connectivity index (χ1v) is 8.72. The highest BCUT2D eigenvalue weighted by atomic mass is 79.9. The Hall–Kier alpha value is -1.69. The fraction of sp³-hybridized carbons (Fsp3) is 0.471. The van der Waals surface area contributed by atoms with Crippen LogP contribution in [0.15, 0.2) is 29.1 Å². The monoisotopic (exact) mass is 375 g/mol. The van der Waals surface area contributed by atoms with Gasteiger partial charge in [-0.3, -0.25) is 0 Å². The zero-order valence-corrected chi connectivity index (χ0v) is 15.4. The minimum absolute atomic E-state index is 0.510. The number of aromatic nitrogens is 3. The second kappa shape index (κ2) is 6.83. The van der Waals surface area contributed by atoms with Gasteiger partial charge in [-0.25, -0.2) is 15.0 Å². The summed E-state index contributed by atoms with van der Waals surface area (Å²) >= 11 is 3.48. The number of pyridine rings is 1. The van der Waals surface area contributed by atoms with Gasteiger partial charge in [0.2, 0.25) is 0 Å². The van der Waals surface area contributed by atoms with E-state index in [1.165, 1.54) is 5.56 Å². The van der Waals surface area contributed by atoms with Gasteiger partial charge in [0.15, 0.2) is 0 Å². The maximum Gasteiger partial charge on any atom is 0.132 e. The van der Waals surface area contributed by atoms with Crippen LogP contribution in [0.2, 0.25) is 0 Å². The molecule has 0 spiro atoms. The van der Waals surface area contributed by atoms with E-state index in [0.717, 1.165) is 47.7 Å². The molecule has 5 nitrogen and oxygen atoms in total. The van der Waals surface area contributed by atoms with E-state index >= 15 is 0 Å². The van der Waals surface area contributed by atoms with Crippen LogP contribution in [-0.2, 0) is 0 Å². The average molecular weight is 376 g/mol. The molecule has 1 aliphatic rings. The van der Waals surface area contributed by atoms with Crippen LogP contribution < -0.4 is 9.80 Å². The molecule has 0 amide bonds. The average Bonchev–Trinajstić information content (AvgIpc) is 2.54. The number of anilines is 2. The number of halogens is 1. The summed E-state index contributed by atoms with van der Waals surface area (Å²) in [6.07, 6.45) is 5.74. The van der Waals surface area contributed by atoms with Crippen LogP contribution >= 0.6 is 15.9 Å². The Balaban J connectivity index is 1.66. The Morgan fingerprint density at radius 1 is 1.13 bits per heavy atom. The molecule has 23 heavy (non-hydrogen) atoms. The number of nitrogens with zero attached hydrogens (tertiary/aromatic N) is 5. The van der Waals surface area contributed by atoms with Crippen molar-refractivity contribution in [3.05, 3.63) is 40.4 Å². The van der Waals surface area contributed by atoms with Crippen molar-refractivity contribution in [2.45, 2.75) is 32.7 Å². The second-order valence-electron chi connectivity index (χ2n) is 6.14. The highest BCUT2D eigenvalue weighted by Gasteiger charge is 2.24. The van der Waals surface area contributed by atoms with Crippen LogP contribution in [0, 0.1) is 13.8 Å². The summed E-state index contributed by atoms with van der Waals surface area (Å²) in [6.45, 7) is 6.17. The van der Waals surface area contributed by atoms with Gasteiger partial charge in [0.05, 0.1) is 0 Å². The third-order valence-corrected chi connectivity index (χ3v) is 4.91. The van der Waals surface area contributed by atoms with Crippen molar-refractivity contribution in [1.29, 1.82) is 0 Å². The first kappa shape index (κ1) is 16.2. The van der Waals surface area contributed by atoms with E-state index < -0.39 is 0 Å². The zero-order valence-electron chi connectivity index (χ0n) is 13.8. The molecule has 3 heterocycles. The molecule has 1 fully saturated rings. The molecule has 0 unspecified atom stereocenters. The largest absolute Gasteiger partial charge is 0.356 e. The molecule has 0 saturated carbocycles. The lowest BCUT2D eigenvalue weighted by Crippen LogP contribution is -2.44. The van der Waals surface area contributed by atoms with Crippen molar-refractivity contribution in [2.24, 2.45) is 0 Å². The third-order valence-electron chi connectivity index (χ3n) is 4.48. The van der Waals surface area contributed by atoms with E-state index in [4.69, 9.17) is 0 Å². The second-order valence-corrected chi connectivity index (χ2v) is 7.06. The molecule has 0 radical (unpaired) electrons. The highest BCUT2D eigenvalue weighted by molar-refractivity contribution is 9.10. The molecule has 0 bridgehead atoms. The van der Waals surface area contributed by atoms with E-state index in [0.29, 0.717) is 6.04 Å². The fourth-order valence-electron chi connectivity index (χ4n) is 3.15. The summed E-state index contributed by atoms with van der Waals surface area (Å²) in [4.78, 5) is 17.8. The standard InChI is InChI=1S/C17H22BrN5/c1-12-8-14(18)10-19-17(12)23-6-4-15(5-7-23)22(3)16-9-13(2)20-11-21-16/h8-11,15H,4-7H2,1-3H3. The van der Waals surface area contributed by atoms with Gasteiger partial charge in [0.25, 0.3) is 0 Å². The van der Waals surface area contributed by atoms with Gasteiger partial charge in [-0.05, 0) is 54.2 Å². The van der Waals surface area contributed by atoms with Gasteiger partial charge in [-0.15, -0.1) is 0 Å². The minimum Gasteiger partial charge on any atom is -0.356 e. The lowest BCUT2D eigenvalue weighted by molar-refractivity contribution is 0.477. The Morgan fingerprint density at radius 3 is 2.52 bits per heavy atom. The van der Waals surface area contributed by atoms with Gasteiger partial charge in [0, 0.05) is 48.6 Å². The molecule has 0 aromatic carbocycles. The summed E-state index contributed by atoms with van der Waals surface area (Å²) < 4.78 is 1.03. The van der Waals surface area contributed by atoms with E-state index in [9.17, 15) is 0 Å². The van der Waals surface area contributed by atoms with Gasteiger partial charge in [0.1, 0.15) is 18.0 Å². The molecule has 2 aromatic rings. The Bertz CT molecular complexity index is 682. The van der Waals surface area contributed by atoms with Gasteiger partial charge >= 0.3 is 0 Å². The van der Waals surface area contributed by atoms with Crippen molar-refractivity contribution in [3.63, 3.8) is 0 Å². The van der Waals surface area contributed by atoms with Crippen LogP contribution in [0.1, 0.15) is 24.1 Å². The predicted molar refractivity (Wildman–Crippen MR) is 97.1 cm³/mol. The number of hydrogen-bond donors (Lipinski definition) is 0. The quantitative estimate of drug-likeness (QED) is 0.822. The normalized spacial score (nSPS) is 15.7. The van der Waals surface area contributed by atoms with E-state index in [1.807, 2.05) is 19.2 Å². The first-order valence-electron chi connectivity index (χ1n) is 7.93. The lowest BCUT2D eigenvalue weighted by atomic mass is 10.0. The smallest absolute Gasteiger partial charge is 0.132 e. The zero-order chi connectivity index (χ0) is 16.4. The fourth-order valence-corrected chi connectivity index (χ4v) is 3.60. The lowest BCUT2D eigenvalue weighted by Gasteiger charge is -2.38. The minimum atomic E-state index is 0.510. The molecular weight excluding hydrogens is 354 g/mol. The molecule has 1 saturated heterocycles. The van der Waals surface area contributed by atoms with E-state index in [2.05, 4.69) is 60.7 Å². The van der Waals surface area contributed by atoms with Crippen LogP contribution in [-0.4, -0.2) is 41.1 Å². The summed E-state index contributed by atoms with van der Waals surface area (Å²) in [5.41, 5.74) is 2.23. The maximum atomic E-state index is 4.59. The van der Waals surface area contributed by atoms with Crippen molar-refractivity contribution in [3.8, 4) is 0 Å². The molecule has 1 aliphatic heterocycles. The van der Waals surface area contributed by atoms with Gasteiger partial charge in [-0.1, -0.05) is 0 Å². The summed E-state index contributed by atoms with van der Waals surface area (Å²) in [7, 11) is 2.13. The van der Waals surface area contributed by atoms with Gasteiger partial charge in [-0.2, -0.15) is 0 Å². The molecule has 2 aromatic heterocycles. The van der Waals surface area contributed by atoms with E-state index in [1.54, 1.807) is 6.33 Å². The molecule has 0 atom stereocenters. The highest BCUT2D eigenvalue weighted by Crippen LogP contribution is 2.26. The van der Waals surface area contributed by atoms with Crippen LogP contribution in [0.5, 0.6) is 0 Å². The molecule has 122 valence electrons. The maximum absolute atomic E-state index is 4.59. The van der Waals surface area contributed by atoms with Crippen molar-refractivity contribution in [1.82, 2.24) is 15.0 Å². The number of aryl methyl sites for hydroxylation is 2. The predicted octanol–water partition coefficient (Wildman–Crippen LogP) is 3.36. The van der Waals surface area contributed by atoms with Crippen LogP contribution in [0.3, 0.4) is 0 Å². The number of hydrogen-bond acceptors (Lipinski definition) is 5. The van der Waals surface area contributed by atoms with Crippen LogP contribution in [0.25, 0.3) is 0 Å². The van der Waals surface area contributed by atoms with E-state index in [-0.39, 0.29) is 0 Å². The molecule has 6 heteroatoms. The Labute approximate surface area is 145 Å². The number of piperidine rings is 1. The van der Waals surface area contributed by atoms with Crippen molar-refractivity contribution >= 4 is 27.6 Å². The number of rotatable bonds is 3. The molecule has 0 aliphatic carbocycles. The molecular formula is C17H22BrN5. The molecule has 3 rings (SSSR count). The molecule has 0 N–H and O–H groups in total. The topological polar surface area (TPSA) is 45.2 Å². The van der Waals surface area contributed by atoms with Gasteiger partial charge < -0.3 is 9.80 Å². The first-order chi connectivity index (χ1) is 11.0. The summed E-state index contributed by atoms with van der Waals surface area (Å²) in [5, 5.41) is 0. The van der Waals surface area contributed by atoms with Crippen molar-refractivity contribution < 1.29 is 0 Å². The van der Waals surface area contributed by atoms with Crippen LogP contribution in [0.4, 0.5) is 11.6 Å². The summed E-state index contributed by atoms with van der Waals surface area (Å²) in [6, 6.07) is 4.69. The Kier molecular flexibility index (Phi) is 4.80. The van der Waals surface area contributed by atoms with Crippen molar-refractivity contribution in [2.75, 3.05) is 29.9 Å². The Morgan fingerprint density at radius 2 is 1.87 bits per heavy atom. The summed E-state index contributed by atoms with van der Waals surface area (Å²) in [5.74, 6) is 2.11. The SMILES string of the molecule is Cc1cc(N(C)C2CCN(c3ncc(Br)cc3C)CC2)ncn1. The third kappa shape index (κ3) is 3.63.